The smallest absolute Gasteiger partial charge is 0.317 e. The van der Waals surface area contributed by atoms with E-state index in [2.05, 4.69) is 5.32 Å². The molecule has 0 unspecified atom stereocenters. The minimum Gasteiger partial charge on any atom is -0.463 e. The van der Waals surface area contributed by atoms with Gasteiger partial charge in [0.25, 0.3) is 0 Å². The van der Waals surface area contributed by atoms with Gasteiger partial charge in [0, 0.05) is 19.6 Å². The summed E-state index contributed by atoms with van der Waals surface area (Å²) in [5.41, 5.74) is 0. The van der Waals surface area contributed by atoms with E-state index in [-0.39, 0.29) is 24.5 Å². The Balaban J connectivity index is 2.25. The molecule has 1 rings (SSSR count). The first-order valence-corrected chi connectivity index (χ1v) is 7.71. The number of hydrogen-bond acceptors (Lipinski definition) is 3. The fraction of sp³-hybridized carbons (Fsp3) is 0.867. The van der Waals surface area contributed by atoms with Crippen molar-refractivity contribution in [3.8, 4) is 0 Å². The maximum Gasteiger partial charge on any atom is 0.317 e. The molecule has 2 amide bonds. The summed E-state index contributed by atoms with van der Waals surface area (Å²) >= 11 is 0. The van der Waals surface area contributed by atoms with Gasteiger partial charge in [0.05, 0.1) is 12.5 Å². The normalized spacial score (nSPS) is 16.6. The van der Waals surface area contributed by atoms with Gasteiger partial charge in [-0.25, -0.2) is 4.79 Å². The van der Waals surface area contributed by atoms with Crippen LogP contribution in [0, 0.1) is 0 Å². The maximum atomic E-state index is 12.0. The van der Waals surface area contributed by atoms with E-state index in [1.165, 1.54) is 25.7 Å². The molecule has 1 aliphatic carbocycles. The van der Waals surface area contributed by atoms with Gasteiger partial charge in [-0.2, -0.15) is 0 Å². The third kappa shape index (κ3) is 6.26. The summed E-state index contributed by atoms with van der Waals surface area (Å²) in [6.07, 6.45) is 7.22. The van der Waals surface area contributed by atoms with Crippen LogP contribution in [0.5, 0.6) is 0 Å². The summed E-state index contributed by atoms with van der Waals surface area (Å²) in [5.74, 6) is -0.266. The van der Waals surface area contributed by atoms with E-state index in [0.717, 1.165) is 12.8 Å². The molecule has 1 fully saturated rings. The van der Waals surface area contributed by atoms with Crippen molar-refractivity contribution in [1.29, 1.82) is 0 Å². The van der Waals surface area contributed by atoms with Crippen molar-refractivity contribution in [2.75, 3.05) is 13.6 Å². The predicted molar refractivity (Wildman–Crippen MR) is 78.5 cm³/mol. The highest BCUT2D eigenvalue weighted by molar-refractivity contribution is 5.75. The number of ether oxygens (including phenoxy) is 1. The zero-order valence-corrected chi connectivity index (χ0v) is 13.0. The highest BCUT2D eigenvalue weighted by Gasteiger charge is 2.20. The summed E-state index contributed by atoms with van der Waals surface area (Å²) in [6, 6.07) is 0.245. The Kier molecular flexibility index (Phi) is 7.41. The van der Waals surface area contributed by atoms with Crippen LogP contribution in [-0.4, -0.2) is 42.6 Å². The van der Waals surface area contributed by atoms with Crippen LogP contribution in [0.3, 0.4) is 0 Å². The lowest BCUT2D eigenvalue weighted by Gasteiger charge is -2.27. The van der Waals surface area contributed by atoms with Crippen molar-refractivity contribution >= 4 is 12.0 Å². The Morgan fingerprint density at radius 3 is 2.35 bits per heavy atom. The molecule has 0 spiro atoms. The molecule has 1 aliphatic rings. The molecule has 0 aliphatic heterocycles. The zero-order chi connectivity index (χ0) is 15.0. The summed E-state index contributed by atoms with van der Waals surface area (Å²) in [4.78, 5) is 25.2. The monoisotopic (exact) mass is 284 g/mol. The molecule has 0 radical (unpaired) electrons. The van der Waals surface area contributed by atoms with Gasteiger partial charge in [-0.3, -0.25) is 4.79 Å². The Morgan fingerprint density at radius 2 is 1.80 bits per heavy atom. The van der Waals surface area contributed by atoms with Gasteiger partial charge < -0.3 is 15.0 Å². The first kappa shape index (κ1) is 16.8. The van der Waals surface area contributed by atoms with Crippen molar-refractivity contribution in [2.45, 2.75) is 70.9 Å². The number of esters is 1. The van der Waals surface area contributed by atoms with E-state index in [9.17, 15) is 9.59 Å². The number of amides is 2. The first-order valence-electron chi connectivity index (χ1n) is 7.71. The minimum absolute atomic E-state index is 0.0887. The predicted octanol–water partition coefficient (Wildman–Crippen LogP) is 2.69. The molecule has 0 aromatic carbocycles. The van der Waals surface area contributed by atoms with Crippen LogP contribution < -0.4 is 5.32 Å². The number of nitrogens with one attached hydrogen (secondary N) is 1. The van der Waals surface area contributed by atoms with Crippen LogP contribution in [0.4, 0.5) is 4.79 Å². The fourth-order valence-corrected chi connectivity index (χ4v) is 2.53. The van der Waals surface area contributed by atoms with Crippen LogP contribution >= 0.6 is 0 Å². The molecule has 1 saturated carbocycles. The maximum absolute atomic E-state index is 12.0. The SMILES string of the molecule is CC(C)OC(=O)CCNC(=O)N(C)C1CCCCCC1. The molecule has 5 nitrogen and oxygen atoms in total. The van der Waals surface area contributed by atoms with Gasteiger partial charge >= 0.3 is 12.0 Å². The standard InChI is InChI=1S/C15H28N2O3/c1-12(2)20-14(18)10-11-16-15(19)17(3)13-8-6-4-5-7-9-13/h12-13H,4-11H2,1-3H3,(H,16,19). The molecule has 0 aromatic heterocycles. The van der Waals surface area contributed by atoms with Crippen LogP contribution in [-0.2, 0) is 9.53 Å². The van der Waals surface area contributed by atoms with Gasteiger partial charge in [-0.15, -0.1) is 0 Å². The summed E-state index contributed by atoms with van der Waals surface area (Å²) in [5, 5.41) is 2.79. The quantitative estimate of drug-likeness (QED) is 0.624. The van der Waals surface area contributed by atoms with E-state index in [4.69, 9.17) is 4.74 Å². The van der Waals surface area contributed by atoms with Gasteiger partial charge in [-0.05, 0) is 26.7 Å². The Labute approximate surface area is 122 Å². The fourth-order valence-electron chi connectivity index (χ4n) is 2.53. The zero-order valence-electron chi connectivity index (χ0n) is 13.0. The minimum atomic E-state index is -0.266. The summed E-state index contributed by atoms with van der Waals surface area (Å²) < 4.78 is 5.02. The van der Waals surface area contributed by atoms with Crippen molar-refractivity contribution in [3.63, 3.8) is 0 Å². The third-order valence-electron chi connectivity index (χ3n) is 3.67. The molecule has 0 heterocycles. The average molecular weight is 284 g/mol. The van der Waals surface area contributed by atoms with E-state index in [0.29, 0.717) is 12.6 Å². The molecule has 1 N–H and O–H groups in total. The Morgan fingerprint density at radius 1 is 1.20 bits per heavy atom. The first-order chi connectivity index (χ1) is 9.50. The van der Waals surface area contributed by atoms with Gasteiger partial charge in [0.1, 0.15) is 0 Å². The molecule has 20 heavy (non-hydrogen) atoms. The van der Waals surface area contributed by atoms with E-state index in [1.54, 1.807) is 4.90 Å². The largest absolute Gasteiger partial charge is 0.463 e. The van der Waals surface area contributed by atoms with E-state index in [1.807, 2.05) is 20.9 Å². The van der Waals surface area contributed by atoms with Crippen molar-refractivity contribution in [1.82, 2.24) is 10.2 Å². The topological polar surface area (TPSA) is 58.6 Å². The van der Waals surface area contributed by atoms with Crippen molar-refractivity contribution in [3.05, 3.63) is 0 Å². The van der Waals surface area contributed by atoms with E-state index >= 15 is 0 Å². The third-order valence-corrected chi connectivity index (χ3v) is 3.67. The molecule has 116 valence electrons. The Hall–Kier alpha value is -1.26. The lowest BCUT2D eigenvalue weighted by atomic mass is 10.1. The second kappa shape index (κ2) is 8.82. The molecule has 0 saturated heterocycles. The molecular weight excluding hydrogens is 256 g/mol. The van der Waals surface area contributed by atoms with Gasteiger partial charge in [0.2, 0.25) is 0 Å². The number of hydrogen-bond donors (Lipinski definition) is 1. The van der Waals surface area contributed by atoms with Gasteiger partial charge in [0.15, 0.2) is 0 Å². The molecule has 0 bridgehead atoms. The van der Waals surface area contributed by atoms with Crippen molar-refractivity contribution < 1.29 is 14.3 Å². The van der Waals surface area contributed by atoms with Crippen LogP contribution in [0.15, 0.2) is 0 Å². The summed E-state index contributed by atoms with van der Waals surface area (Å²) in [6.45, 7) is 3.97. The molecule has 5 heteroatoms. The van der Waals surface area contributed by atoms with Crippen LogP contribution in [0.1, 0.15) is 58.8 Å². The number of carbonyl (C=O) groups excluding carboxylic acids is 2. The van der Waals surface area contributed by atoms with Crippen molar-refractivity contribution in [2.24, 2.45) is 0 Å². The summed E-state index contributed by atoms with van der Waals surface area (Å²) in [7, 11) is 1.84. The van der Waals surface area contributed by atoms with Crippen LogP contribution in [0.2, 0.25) is 0 Å². The van der Waals surface area contributed by atoms with Crippen LogP contribution in [0.25, 0.3) is 0 Å². The average Bonchev–Trinajstić information content (AvgIpc) is 2.65. The van der Waals surface area contributed by atoms with E-state index < -0.39 is 0 Å². The second-order valence-electron chi connectivity index (χ2n) is 5.78. The molecule has 0 atom stereocenters. The lowest BCUT2D eigenvalue weighted by Crippen LogP contribution is -2.44. The highest BCUT2D eigenvalue weighted by atomic mass is 16.5. The number of nitrogens with zero attached hydrogens (tertiary/aromatic N) is 1. The second-order valence-corrected chi connectivity index (χ2v) is 5.78. The number of carbonyl (C=O) groups is 2. The molecule has 0 aromatic rings. The molecular formula is C15H28N2O3. The van der Waals surface area contributed by atoms with Gasteiger partial charge in [-0.1, -0.05) is 25.7 Å². The Bertz CT molecular complexity index is 310. The lowest BCUT2D eigenvalue weighted by molar-refractivity contribution is -0.147. The highest BCUT2D eigenvalue weighted by Crippen LogP contribution is 2.20. The number of rotatable bonds is 5. The number of urea groups is 1.